The number of rotatable bonds is 8. The molecule has 3 aliphatic carbocycles. The Morgan fingerprint density at radius 1 is 0.676 bits per heavy atom. The third-order valence-electron chi connectivity index (χ3n) is 8.02. The van der Waals surface area contributed by atoms with Crippen molar-refractivity contribution in [2.75, 3.05) is 26.3 Å². The van der Waals surface area contributed by atoms with E-state index in [1.54, 1.807) is 0 Å². The van der Waals surface area contributed by atoms with Crippen molar-refractivity contribution >= 4 is 35.6 Å². The minimum atomic E-state index is -0.583. The summed E-state index contributed by atoms with van der Waals surface area (Å²) >= 11 is 0. The average Bonchev–Trinajstić information content (AvgIpc) is 3.60. The molecule has 6 unspecified atom stereocenters. The van der Waals surface area contributed by atoms with E-state index in [0.717, 1.165) is 59.8 Å². The van der Waals surface area contributed by atoms with Crippen molar-refractivity contribution in [1.29, 1.82) is 0 Å². The second-order valence-electron chi connectivity index (χ2n) is 9.88. The number of carbonyl (C=O) groups excluding carboxylic acids is 6. The van der Waals surface area contributed by atoms with E-state index in [1.807, 2.05) is 0 Å². The van der Waals surface area contributed by atoms with Crippen LogP contribution in [0.1, 0.15) is 25.7 Å². The molecule has 4 amide bonds. The van der Waals surface area contributed by atoms with Gasteiger partial charge < -0.3 is 9.47 Å². The van der Waals surface area contributed by atoms with E-state index in [9.17, 15) is 28.8 Å². The summed E-state index contributed by atoms with van der Waals surface area (Å²) in [5.74, 6) is -0.565. The van der Waals surface area contributed by atoms with Crippen LogP contribution in [0, 0.1) is 35.5 Å². The van der Waals surface area contributed by atoms with Gasteiger partial charge in [-0.25, -0.2) is 0 Å². The Kier molecular flexibility index (Phi) is 5.83. The molecule has 180 valence electrons. The number of carbonyl (C=O) groups is 6. The maximum atomic E-state index is 12.2. The third-order valence-corrected chi connectivity index (χ3v) is 8.02. The van der Waals surface area contributed by atoms with Crippen molar-refractivity contribution in [2.24, 2.45) is 35.5 Å². The van der Waals surface area contributed by atoms with Crippen LogP contribution < -0.4 is 0 Å². The lowest BCUT2D eigenvalue weighted by molar-refractivity contribution is -0.153. The monoisotopic (exact) mass is 470 g/mol. The topological polar surface area (TPSA) is 127 Å². The molecule has 2 heterocycles. The summed E-state index contributed by atoms with van der Waals surface area (Å²) in [5.41, 5.74) is 0. The molecule has 0 saturated heterocycles. The van der Waals surface area contributed by atoms with Crippen LogP contribution in [-0.2, 0) is 38.2 Å². The fourth-order valence-corrected chi connectivity index (χ4v) is 6.59. The van der Waals surface area contributed by atoms with Crippen molar-refractivity contribution in [1.82, 2.24) is 9.80 Å². The van der Waals surface area contributed by atoms with Crippen LogP contribution in [0.25, 0.3) is 0 Å². The molecule has 10 heteroatoms. The summed E-state index contributed by atoms with van der Waals surface area (Å²) in [6, 6.07) is 0. The normalized spacial score (nSPS) is 33.4. The highest BCUT2D eigenvalue weighted by Gasteiger charge is 2.56. The Morgan fingerprint density at radius 3 is 1.74 bits per heavy atom. The van der Waals surface area contributed by atoms with E-state index in [0.29, 0.717) is 30.3 Å². The van der Waals surface area contributed by atoms with E-state index >= 15 is 0 Å². The molecule has 5 rings (SSSR count). The summed E-state index contributed by atoms with van der Waals surface area (Å²) in [5, 5.41) is 0. The molecule has 3 fully saturated rings. The first kappa shape index (κ1) is 22.5. The van der Waals surface area contributed by atoms with Crippen LogP contribution >= 0.6 is 0 Å². The lowest BCUT2D eigenvalue weighted by atomic mass is 9.76. The summed E-state index contributed by atoms with van der Waals surface area (Å²) in [4.78, 5) is 72.3. The Balaban J connectivity index is 1.06. The van der Waals surface area contributed by atoms with Gasteiger partial charge in [-0.15, -0.1) is 0 Å². The van der Waals surface area contributed by atoms with E-state index in [4.69, 9.17) is 9.47 Å². The van der Waals surface area contributed by atoms with Gasteiger partial charge in [-0.05, 0) is 61.2 Å². The maximum absolute atomic E-state index is 12.2. The Bertz CT molecular complexity index is 980. The first-order valence-electron chi connectivity index (χ1n) is 11.7. The number of hydrogen-bond acceptors (Lipinski definition) is 8. The lowest BCUT2D eigenvalue weighted by Gasteiger charge is -2.31. The first-order valence-corrected chi connectivity index (χ1v) is 11.7. The fraction of sp³-hybridized carbons (Fsp3) is 0.583. The molecule has 2 aliphatic heterocycles. The SMILES string of the molecule is O=C(CN1C(=O)C=CC1=O)OCC1CC2C3CC(COC(=O)CN4C(=O)C=CC4=O)C(C3)C2C1. The second-order valence-corrected chi connectivity index (χ2v) is 9.88. The average molecular weight is 470 g/mol. The van der Waals surface area contributed by atoms with Gasteiger partial charge in [0.25, 0.3) is 23.6 Å². The molecule has 6 atom stereocenters. The van der Waals surface area contributed by atoms with Crippen LogP contribution in [-0.4, -0.2) is 71.7 Å². The summed E-state index contributed by atoms with van der Waals surface area (Å²) in [7, 11) is 0. The van der Waals surface area contributed by atoms with Gasteiger partial charge >= 0.3 is 11.9 Å². The van der Waals surface area contributed by atoms with Crippen molar-refractivity contribution in [3.8, 4) is 0 Å². The minimum absolute atomic E-state index is 0.244. The van der Waals surface area contributed by atoms with Crippen LogP contribution in [0.4, 0.5) is 0 Å². The number of fused-ring (bicyclic) bond motifs is 5. The van der Waals surface area contributed by atoms with Gasteiger partial charge in [-0.1, -0.05) is 0 Å². The number of esters is 2. The standard InChI is InChI=1S/C24H26N2O8/c27-19-1-2-20(28)25(19)9-23(31)33-11-13-5-16-14-7-15(17(8-14)18(16)6-13)12-34-24(32)10-26-21(29)3-4-22(26)30/h1-4,13-18H,5-12H2. The summed E-state index contributed by atoms with van der Waals surface area (Å²) in [6.07, 6.45) is 8.59. The number of ether oxygens (including phenoxy) is 2. The van der Waals surface area contributed by atoms with E-state index in [2.05, 4.69) is 0 Å². The van der Waals surface area contributed by atoms with Gasteiger partial charge in [0, 0.05) is 24.3 Å². The zero-order valence-electron chi connectivity index (χ0n) is 18.6. The molecule has 3 saturated carbocycles. The molecule has 2 bridgehead atoms. The molecule has 0 spiro atoms. The van der Waals surface area contributed by atoms with E-state index < -0.39 is 35.6 Å². The molecule has 0 aromatic carbocycles. The fourth-order valence-electron chi connectivity index (χ4n) is 6.59. The zero-order valence-corrected chi connectivity index (χ0v) is 18.6. The van der Waals surface area contributed by atoms with Crippen LogP contribution in [0.5, 0.6) is 0 Å². The van der Waals surface area contributed by atoms with Gasteiger partial charge in [-0.3, -0.25) is 38.6 Å². The molecule has 10 nitrogen and oxygen atoms in total. The largest absolute Gasteiger partial charge is 0.464 e. The zero-order chi connectivity index (χ0) is 24.0. The first-order chi connectivity index (χ1) is 16.3. The number of imide groups is 2. The molecule has 0 aromatic rings. The van der Waals surface area contributed by atoms with Gasteiger partial charge in [0.05, 0.1) is 13.2 Å². The molecule has 34 heavy (non-hydrogen) atoms. The number of hydrogen-bond donors (Lipinski definition) is 0. The molecular formula is C24H26N2O8. The quantitative estimate of drug-likeness (QED) is 0.364. The highest BCUT2D eigenvalue weighted by molar-refractivity contribution is 6.14. The van der Waals surface area contributed by atoms with Crippen molar-refractivity contribution in [3.05, 3.63) is 24.3 Å². The third kappa shape index (κ3) is 4.17. The van der Waals surface area contributed by atoms with Crippen LogP contribution in [0.2, 0.25) is 0 Å². The Labute approximate surface area is 195 Å². The Morgan fingerprint density at radius 2 is 1.18 bits per heavy atom. The number of amides is 4. The van der Waals surface area contributed by atoms with E-state index in [-0.39, 0.29) is 31.5 Å². The predicted molar refractivity (Wildman–Crippen MR) is 113 cm³/mol. The highest BCUT2D eigenvalue weighted by atomic mass is 16.5. The smallest absolute Gasteiger partial charge is 0.326 e. The van der Waals surface area contributed by atoms with Crippen molar-refractivity contribution in [2.45, 2.75) is 25.7 Å². The predicted octanol–water partition coefficient (Wildman–Crippen LogP) is 0.221. The van der Waals surface area contributed by atoms with Gasteiger partial charge in [0.2, 0.25) is 0 Å². The maximum Gasteiger partial charge on any atom is 0.326 e. The second kappa shape index (κ2) is 8.81. The van der Waals surface area contributed by atoms with Crippen LogP contribution in [0.3, 0.4) is 0 Å². The minimum Gasteiger partial charge on any atom is -0.464 e. The highest BCUT2D eigenvalue weighted by Crippen LogP contribution is 2.62. The molecule has 0 aromatic heterocycles. The van der Waals surface area contributed by atoms with E-state index in [1.165, 1.54) is 0 Å². The van der Waals surface area contributed by atoms with Gasteiger partial charge in [0.15, 0.2) is 0 Å². The van der Waals surface area contributed by atoms with Crippen molar-refractivity contribution in [3.63, 3.8) is 0 Å². The number of nitrogens with zero attached hydrogens (tertiary/aromatic N) is 2. The summed E-state index contributed by atoms with van der Waals surface area (Å²) in [6.45, 7) is -0.164. The van der Waals surface area contributed by atoms with Gasteiger partial charge in [-0.2, -0.15) is 0 Å². The van der Waals surface area contributed by atoms with Crippen LogP contribution in [0.15, 0.2) is 24.3 Å². The summed E-state index contributed by atoms with van der Waals surface area (Å²) < 4.78 is 10.8. The van der Waals surface area contributed by atoms with Gasteiger partial charge in [0.1, 0.15) is 13.1 Å². The lowest BCUT2D eigenvalue weighted by Crippen LogP contribution is -2.37. The molecule has 5 aliphatic rings. The molecule has 0 radical (unpaired) electrons. The van der Waals surface area contributed by atoms with Crippen molar-refractivity contribution < 1.29 is 38.2 Å². The Hall–Kier alpha value is -3.30. The molecular weight excluding hydrogens is 444 g/mol. The molecule has 0 N–H and O–H groups in total.